The fourth-order valence-corrected chi connectivity index (χ4v) is 2.69. The summed E-state index contributed by atoms with van der Waals surface area (Å²) in [6.07, 6.45) is -0.750. The van der Waals surface area contributed by atoms with Gasteiger partial charge in [0, 0.05) is 11.6 Å². The van der Waals surface area contributed by atoms with E-state index >= 15 is 0 Å². The molecule has 18 heavy (non-hydrogen) atoms. The second kappa shape index (κ2) is 5.88. The highest BCUT2D eigenvalue weighted by molar-refractivity contribution is 7.89. The van der Waals surface area contributed by atoms with E-state index in [-0.39, 0.29) is 28.1 Å². The van der Waals surface area contributed by atoms with Gasteiger partial charge in [0.05, 0.1) is 11.8 Å². The standard InChI is InChI=1S/C11H17ClN2O3S/c1-7(2)10(15)6-14-18(16,17)11-5-8(12)3-4-9(11)13/h3-5,7,10,14-15H,6,13H2,1-2H3. The lowest BCUT2D eigenvalue weighted by atomic mass is 10.1. The van der Waals surface area contributed by atoms with Crippen molar-refractivity contribution in [1.82, 2.24) is 4.72 Å². The van der Waals surface area contributed by atoms with E-state index in [0.29, 0.717) is 0 Å². The minimum absolute atomic E-state index is 0.0376. The number of sulfonamides is 1. The van der Waals surface area contributed by atoms with E-state index < -0.39 is 16.1 Å². The number of benzene rings is 1. The van der Waals surface area contributed by atoms with Crippen LogP contribution in [-0.4, -0.2) is 26.2 Å². The molecule has 0 aliphatic rings. The third-order valence-electron chi connectivity index (χ3n) is 2.52. The lowest BCUT2D eigenvalue weighted by Crippen LogP contribution is -2.35. The zero-order chi connectivity index (χ0) is 13.9. The van der Waals surface area contributed by atoms with E-state index in [2.05, 4.69) is 4.72 Å². The Kier molecular flexibility index (Phi) is 4.98. The Bertz CT molecular complexity index is 517. The van der Waals surface area contributed by atoms with Gasteiger partial charge in [-0.2, -0.15) is 0 Å². The Balaban J connectivity index is 2.90. The van der Waals surface area contributed by atoms with Crippen LogP contribution in [0.3, 0.4) is 0 Å². The molecule has 0 saturated heterocycles. The third kappa shape index (κ3) is 3.84. The average Bonchev–Trinajstić information content (AvgIpc) is 2.29. The van der Waals surface area contributed by atoms with Crippen molar-refractivity contribution in [2.24, 2.45) is 5.92 Å². The number of aliphatic hydroxyl groups excluding tert-OH is 1. The summed E-state index contributed by atoms with van der Waals surface area (Å²) in [7, 11) is -3.76. The number of halogens is 1. The van der Waals surface area contributed by atoms with Crippen LogP contribution in [0.25, 0.3) is 0 Å². The molecule has 1 aromatic carbocycles. The van der Waals surface area contributed by atoms with Crippen molar-refractivity contribution in [2.75, 3.05) is 12.3 Å². The first-order valence-electron chi connectivity index (χ1n) is 5.47. The number of nitrogens with one attached hydrogen (secondary N) is 1. The van der Waals surface area contributed by atoms with Crippen molar-refractivity contribution in [3.05, 3.63) is 23.2 Å². The predicted molar refractivity (Wildman–Crippen MR) is 71.9 cm³/mol. The summed E-state index contributed by atoms with van der Waals surface area (Å²) in [4.78, 5) is -0.0778. The van der Waals surface area contributed by atoms with E-state index in [1.807, 2.05) is 0 Å². The summed E-state index contributed by atoms with van der Waals surface area (Å²) in [5.74, 6) is -0.0376. The first kappa shape index (κ1) is 15.2. The number of nitrogen functional groups attached to an aromatic ring is 1. The van der Waals surface area contributed by atoms with Gasteiger partial charge in [-0.1, -0.05) is 25.4 Å². The van der Waals surface area contributed by atoms with Gasteiger partial charge in [-0.3, -0.25) is 0 Å². The first-order chi connectivity index (χ1) is 8.24. The molecule has 0 fully saturated rings. The molecule has 0 aliphatic heterocycles. The van der Waals surface area contributed by atoms with Crippen LogP contribution in [0, 0.1) is 5.92 Å². The molecule has 1 aromatic rings. The van der Waals surface area contributed by atoms with Gasteiger partial charge in [0.25, 0.3) is 0 Å². The molecule has 1 atom stereocenters. The molecule has 1 rings (SSSR count). The molecule has 0 saturated carbocycles. The number of hydrogen-bond acceptors (Lipinski definition) is 4. The Morgan fingerprint density at radius 1 is 1.44 bits per heavy atom. The molecule has 0 aliphatic carbocycles. The SMILES string of the molecule is CC(C)C(O)CNS(=O)(=O)c1cc(Cl)ccc1N. The van der Waals surface area contributed by atoms with Crippen LogP contribution in [-0.2, 0) is 10.0 Å². The van der Waals surface area contributed by atoms with Crippen LogP contribution < -0.4 is 10.5 Å². The van der Waals surface area contributed by atoms with Crippen molar-refractivity contribution in [1.29, 1.82) is 0 Å². The summed E-state index contributed by atoms with van der Waals surface area (Å²) in [6, 6.07) is 4.22. The lowest BCUT2D eigenvalue weighted by Gasteiger charge is -2.16. The molecule has 0 spiro atoms. The maximum atomic E-state index is 12.0. The van der Waals surface area contributed by atoms with Gasteiger partial charge < -0.3 is 10.8 Å². The summed E-state index contributed by atoms with van der Waals surface area (Å²) < 4.78 is 26.3. The maximum Gasteiger partial charge on any atom is 0.242 e. The van der Waals surface area contributed by atoms with Crippen molar-refractivity contribution in [3.63, 3.8) is 0 Å². The Hall–Kier alpha value is -0.820. The minimum atomic E-state index is -3.76. The summed E-state index contributed by atoms with van der Waals surface area (Å²) in [6.45, 7) is 3.53. The van der Waals surface area contributed by atoms with Crippen LogP contribution in [0.15, 0.2) is 23.1 Å². The average molecular weight is 293 g/mol. The monoisotopic (exact) mass is 292 g/mol. The molecular formula is C11H17ClN2O3S. The number of hydrogen-bond donors (Lipinski definition) is 3. The molecule has 0 aromatic heterocycles. The van der Waals surface area contributed by atoms with Crippen LogP contribution in [0.1, 0.15) is 13.8 Å². The van der Waals surface area contributed by atoms with E-state index in [1.165, 1.54) is 18.2 Å². The Morgan fingerprint density at radius 3 is 2.61 bits per heavy atom. The van der Waals surface area contributed by atoms with Crippen molar-refractivity contribution in [3.8, 4) is 0 Å². The number of rotatable bonds is 5. The van der Waals surface area contributed by atoms with Crippen molar-refractivity contribution < 1.29 is 13.5 Å². The fraction of sp³-hybridized carbons (Fsp3) is 0.455. The molecule has 0 amide bonds. The summed E-state index contributed by atoms with van der Waals surface area (Å²) >= 11 is 5.74. The van der Waals surface area contributed by atoms with E-state index in [4.69, 9.17) is 17.3 Å². The second-order valence-electron chi connectivity index (χ2n) is 4.35. The van der Waals surface area contributed by atoms with Crippen molar-refractivity contribution >= 4 is 27.3 Å². The quantitative estimate of drug-likeness (QED) is 0.712. The molecule has 1 unspecified atom stereocenters. The third-order valence-corrected chi connectivity index (χ3v) is 4.23. The van der Waals surface area contributed by atoms with Crippen LogP contribution >= 0.6 is 11.6 Å². The minimum Gasteiger partial charge on any atom is -0.398 e. The first-order valence-corrected chi connectivity index (χ1v) is 7.33. The van der Waals surface area contributed by atoms with Crippen LogP contribution in [0.4, 0.5) is 5.69 Å². The largest absolute Gasteiger partial charge is 0.398 e. The summed E-state index contributed by atoms with van der Waals surface area (Å²) in [5, 5.41) is 9.86. The normalized spacial score (nSPS) is 13.8. The van der Waals surface area contributed by atoms with Gasteiger partial charge in [-0.25, -0.2) is 13.1 Å². The molecule has 5 nitrogen and oxygen atoms in total. The molecule has 102 valence electrons. The highest BCUT2D eigenvalue weighted by Crippen LogP contribution is 2.22. The topological polar surface area (TPSA) is 92.4 Å². The zero-order valence-electron chi connectivity index (χ0n) is 10.2. The van der Waals surface area contributed by atoms with Gasteiger partial charge in [0.2, 0.25) is 10.0 Å². The van der Waals surface area contributed by atoms with E-state index in [0.717, 1.165) is 0 Å². The van der Waals surface area contributed by atoms with Gasteiger partial charge in [-0.15, -0.1) is 0 Å². The molecule has 0 bridgehead atoms. The van der Waals surface area contributed by atoms with Gasteiger partial charge in [-0.05, 0) is 24.1 Å². The molecule has 7 heteroatoms. The van der Waals surface area contributed by atoms with Crippen molar-refractivity contribution in [2.45, 2.75) is 24.8 Å². The number of anilines is 1. The van der Waals surface area contributed by atoms with Crippen LogP contribution in [0.2, 0.25) is 5.02 Å². The smallest absolute Gasteiger partial charge is 0.242 e. The number of aliphatic hydroxyl groups is 1. The zero-order valence-corrected chi connectivity index (χ0v) is 11.8. The fourth-order valence-electron chi connectivity index (χ4n) is 1.25. The molecular weight excluding hydrogens is 276 g/mol. The van der Waals surface area contributed by atoms with E-state index in [9.17, 15) is 13.5 Å². The molecule has 0 radical (unpaired) electrons. The number of nitrogens with two attached hydrogens (primary N) is 1. The van der Waals surface area contributed by atoms with Crippen LogP contribution in [0.5, 0.6) is 0 Å². The lowest BCUT2D eigenvalue weighted by molar-refractivity contribution is 0.129. The highest BCUT2D eigenvalue weighted by atomic mass is 35.5. The Labute approximate surface area is 112 Å². The molecule has 4 N–H and O–H groups in total. The van der Waals surface area contributed by atoms with Gasteiger partial charge >= 0.3 is 0 Å². The van der Waals surface area contributed by atoms with E-state index in [1.54, 1.807) is 13.8 Å². The highest BCUT2D eigenvalue weighted by Gasteiger charge is 2.20. The maximum absolute atomic E-state index is 12.0. The summed E-state index contributed by atoms with van der Waals surface area (Å²) in [5.41, 5.74) is 5.72. The molecule has 0 heterocycles. The second-order valence-corrected chi connectivity index (χ2v) is 6.52. The Morgan fingerprint density at radius 2 is 2.06 bits per heavy atom. The van der Waals surface area contributed by atoms with Gasteiger partial charge in [0.15, 0.2) is 0 Å². The predicted octanol–water partition coefficient (Wildman–Crippen LogP) is 1.22. The van der Waals surface area contributed by atoms with Gasteiger partial charge in [0.1, 0.15) is 4.90 Å².